The molecule has 0 aliphatic carbocycles. The van der Waals surface area contributed by atoms with Crippen LogP contribution in [0.3, 0.4) is 0 Å². The van der Waals surface area contributed by atoms with Crippen LogP contribution in [0.1, 0.15) is 12.5 Å². The molecule has 122 valence electrons. The summed E-state index contributed by atoms with van der Waals surface area (Å²) >= 11 is 0. The van der Waals surface area contributed by atoms with Crippen molar-refractivity contribution >= 4 is 22.2 Å². The van der Waals surface area contributed by atoms with Crippen molar-refractivity contribution in [2.75, 3.05) is 0 Å². The van der Waals surface area contributed by atoms with Gasteiger partial charge in [0.05, 0.1) is 11.4 Å². The summed E-state index contributed by atoms with van der Waals surface area (Å²) < 4.78 is 1.98. The van der Waals surface area contributed by atoms with Crippen LogP contribution in [-0.2, 0) is 14.1 Å². The molecule has 3 aromatic rings. The normalized spacial score (nSPS) is 11.9. The van der Waals surface area contributed by atoms with Crippen LogP contribution in [0.25, 0.3) is 10.8 Å². The Morgan fingerprint density at radius 1 is 1.00 bits per heavy atom. The summed E-state index contributed by atoms with van der Waals surface area (Å²) in [5.74, 6) is -0.385. The molecule has 3 rings (SSSR count). The van der Waals surface area contributed by atoms with Crippen molar-refractivity contribution in [3.05, 3.63) is 68.9 Å². The van der Waals surface area contributed by atoms with Crippen molar-refractivity contribution in [3.63, 3.8) is 0 Å². The second-order valence-corrected chi connectivity index (χ2v) is 5.60. The van der Waals surface area contributed by atoms with Crippen molar-refractivity contribution in [1.82, 2.24) is 9.13 Å². The third-order valence-corrected chi connectivity index (χ3v) is 4.05. The number of aromatic nitrogens is 2. The van der Waals surface area contributed by atoms with Gasteiger partial charge in [-0.3, -0.25) is 18.9 Å². The van der Waals surface area contributed by atoms with E-state index < -0.39 is 11.2 Å². The van der Waals surface area contributed by atoms with E-state index >= 15 is 0 Å². The van der Waals surface area contributed by atoms with E-state index in [9.17, 15) is 14.7 Å². The Labute approximate surface area is 138 Å². The van der Waals surface area contributed by atoms with Crippen molar-refractivity contribution in [3.8, 4) is 5.88 Å². The van der Waals surface area contributed by atoms with Gasteiger partial charge < -0.3 is 5.11 Å². The number of aliphatic imine (C=N–C) groups is 1. The highest BCUT2D eigenvalue weighted by Gasteiger charge is 2.17. The van der Waals surface area contributed by atoms with E-state index in [4.69, 9.17) is 0 Å². The Hall–Kier alpha value is -3.15. The van der Waals surface area contributed by atoms with Crippen LogP contribution in [0.2, 0.25) is 0 Å². The van der Waals surface area contributed by atoms with Gasteiger partial charge in [-0.25, -0.2) is 4.79 Å². The van der Waals surface area contributed by atoms with Crippen molar-refractivity contribution in [1.29, 1.82) is 0 Å². The van der Waals surface area contributed by atoms with Crippen LogP contribution in [0.4, 0.5) is 5.69 Å². The largest absolute Gasteiger partial charge is 0.494 e. The Bertz CT molecular complexity index is 1090. The molecule has 0 radical (unpaired) electrons. The number of benzene rings is 2. The SMILES string of the molecule is CC(=Nc1cccc2ccccc12)c1c(O)n(C)c(=O)n(C)c1=O. The van der Waals surface area contributed by atoms with E-state index in [0.29, 0.717) is 11.4 Å². The molecular formula is C18H17N3O3. The zero-order valence-electron chi connectivity index (χ0n) is 13.6. The third-order valence-electron chi connectivity index (χ3n) is 4.05. The number of nitrogens with zero attached hydrogens (tertiary/aromatic N) is 3. The van der Waals surface area contributed by atoms with Crippen LogP contribution < -0.4 is 11.2 Å². The standard InChI is InChI=1S/C18H17N3O3/c1-11(15-16(22)20(2)18(24)21(3)17(15)23)19-14-10-6-8-12-7-4-5-9-13(12)14/h4-10,22H,1-3H3. The first-order chi connectivity index (χ1) is 11.4. The monoisotopic (exact) mass is 323 g/mol. The molecule has 1 heterocycles. The summed E-state index contributed by atoms with van der Waals surface area (Å²) in [7, 11) is 2.78. The summed E-state index contributed by atoms with van der Waals surface area (Å²) in [6, 6.07) is 13.5. The Morgan fingerprint density at radius 3 is 2.42 bits per heavy atom. The Morgan fingerprint density at radius 2 is 1.67 bits per heavy atom. The van der Waals surface area contributed by atoms with Gasteiger partial charge in [-0.1, -0.05) is 36.4 Å². The van der Waals surface area contributed by atoms with Gasteiger partial charge in [0.15, 0.2) is 0 Å². The van der Waals surface area contributed by atoms with E-state index in [2.05, 4.69) is 4.99 Å². The molecule has 0 spiro atoms. The molecule has 0 bridgehead atoms. The van der Waals surface area contributed by atoms with E-state index in [1.807, 2.05) is 42.5 Å². The lowest BCUT2D eigenvalue weighted by atomic mass is 10.1. The van der Waals surface area contributed by atoms with E-state index in [-0.39, 0.29) is 11.4 Å². The number of hydrogen-bond donors (Lipinski definition) is 1. The smallest absolute Gasteiger partial charge is 0.333 e. The first-order valence-electron chi connectivity index (χ1n) is 7.44. The van der Waals surface area contributed by atoms with Gasteiger partial charge in [-0.05, 0) is 18.4 Å². The Kier molecular flexibility index (Phi) is 3.81. The van der Waals surface area contributed by atoms with Gasteiger partial charge >= 0.3 is 5.69 Å². The molecular weight excluding hydrogens is 306 g/mol. The minimum absolute atomic E-state index is 0.0209. The molecule has 0 atom stereocenters. The predicted molar refractivity (Wildman–Crippen MR) is 94.4 cm³/mol. The molecule has 0 aliphatic heterocycles. The number of fused-ring (bicyclic) bond motifs is 1. The lowest BCUT2D eigenvalue weighted by Gasteiger charge is -2.10. The number of rotatable bonds is 2. The van der Waals surface area contributed by atoms with Crippen LogP contribution in [0.15, 0.2) is 57.0 Å². The molecule has 0 fully saturated rings. The second kappa shape index (κ2) is 5.81. The van der Waals surface area contributed by atoms with Gasteiger partial charge in [0, 0.05) is 19.5 Å². The van der Waals surface area contributed by atoms with Crippen LogP contribution in [0, 0.1) is 0 Å². The minimum atomic E-state index is -0.584. The zero-order chi connectivity index (χ0) is 17.4. The second-order valence-electron chi connectivity index (χ2n) is 5.60. The maximum Gasteiger partial charge on any atom is 0.333 e. The van der Waals surface area contributed by atoms with Gasteiger partial charge in [-0.2, -0.15) is 0 Å². The molecule has 0 amide bonds. The zero-order valence-corrected chi connectivity index (χ0v) is 13.6. The molecule has 6 nitrogen and oxygen atoms in total. The number of hydrogen-bond acceptors (Lipinski definition) is 4. The maximum absolute atomic E-state index is 12.4. The van der Waals surface area contributed by atoms with Gasteiger partial charge in [0.1, 0.15) is 5.56 Å². The van der Waals surface area contributed by atoms with Gasteiger partial charge in [-0.15, -0.1) is 0 Å². The molecule has 1 aromatic heterocycles. The highest BCUT2D eigenvalue weighted by molar-refractivity contribution is 6.04. The quantitative estimate of drug-likeness (QED) is 0.734. The molecule has 0 aliphatic rings. The number of aromatic hydroxyl groups is 1. The summed E-state index contributed by atoms with van der Waals surface area (Å²) in [4.78, 5) is 28.7. The average Bonchev–Trinajstić information content (AvgIpc) is 2.59. The summed E-state index contributed by atoms with van der Waals surface area (Å²) in [5.41, 5.74) is -0.0928. The lowest BCUT2D eigenvalue weighted by molar-refractivity contribution is 0.410. The third kappa shape index (κ3) is 2.42. The minimum Gasteiger partial charge on any atom is -0.494 e. The topological polar surface area (TPSA) is 76.6 Å². The Balaban J connectivity index is 2.26. The molecule has 1 N–H and O–H groups in total. The fraction of sp³-hybridized carbons (Fsp3) is 0.167. The summed E-state index contributed by atoms with van der Waals surface area (Å²) in [6.45, 7) is 1.64. The molecule has 0 saturated heterocycles. The van der Waals surface area contributed by atoms with Crippen molar-refractivity contribution in [2.45, 2.75) is 6.92 Å². The summed E-state index contributed by atoms with van der Waals surface area (Å²) in [6.07, 6.45) is 0. The predicted octanol–water partition coefficient (Wildman–Crippen LogP) is 2.08. The molecule has 6 heteroatoms. The fourth-order valence-corrected chi connectivity index (χ4v) is 2.69. The van der Waals surface area contributed by atoms with Crippen molar-refractivity contribution in [2.24, 2.45) is 19.1 Å². The molecule has 24 heavy (non-hydrogen) atoms. The molecule has 0 saturated carbocycles. The highest BCUT2D eigenvalue weighted by atomic mass is 16.3. The first-order valence-corrected chi connectivity index (χ1v) is 7.44. The van der Waals surface area contributed by atoms with Gasteiger partial charge in [0.25, 0.3) is 5.56 Å². The highest BCUT2D eigenvalue weighted by Crippen LogP contribution is 2.26. The van der Waals surface area contributed by atoms with E-state index in [1.165, 1.54) is 14.1 Å². The van der Waals surface area contributed by atoms with E-state index in [0.717, 1.165) is 19.9 Å². The average molecular weight is 323 g/mol. The first kappa shape index (κ1) is 15.7. The van der Waals surface area contributed by atoms with Crippen molar-refractivity contribution < 1.29 is 5.11 Å². The lowest BCUT2D eigenvalue weighted by Crippen LogP contribution is -2.39. The summed E-state index contributed by atoms with van der Waals surface area (Å²) in [5, 5.41) is 12.2. The van der Waals surface area contributed by atoms with Crippen LogP contribution in [0.5, 0.6) is 5.88 Å². The molecule has 0 unspecified atom stereocenters. The van der Waals surface area contributed by atoms with Crippen LogP contribution in [-0.4, -0.2) is 20.0 Å². The van der Waals surface area contributed by atoms with Crippen LogP contribution >= 0.6 is 0 Å². The fourth-order valence-electron chi connectivity index (χ4n) is 2.69. The maximum atomic E-state index is 12.4. The molecule has 2 aromatic carbocycles. The van der Waals surface area contributed by atoms with E-state index in [1.54, 1.807) is 6.92 Å². The van der Waals surface area contributed by atoms with Gasteiger partial charge in [0.2, 0.25) is 5.88 Å².